The van der Waals surface area contributed by atoms with E-state index in [9.17, 15) is 9.59 Å². The molecule has 1 aromatic rings. The van der Waals surface area contributed by atoms with E-state index in [2.05, 4.69) is 19.1 Å². The third-order valence-electron chi connectivity index (χ3n) is 5.56. The van der Waals surface area contributed by atoms with Crippen LogP contribution in [-0.2, 0) is 24.5 Å². The van der Waals surface area contributed by atoms with Crippen molar-refractivity contribution in [3.8, 4) is 0 Å². The SMILES string of the molecule is CCOC(=O)C1(C(=O)OCC)C=C[C@@]2(C)C[C@@]2(c2ccccc2)C1. The Balaban J connectivity index is 2.05. The summed E-state index contributed by atoms with van der Waals surface area (Å²) < 4.78 is 10.5. The normalized spacial score (nSPS) is 29.5. The van der Waals surface area contributed by atoms with Gasteiger partial charge in [0.1, 0.15) is 0 Å². The maximum Gasteiger partial charge on any atom is 0.327 e. The van der Waals surface area contributed by atoms with Gasteiger partial charge in [-0.1, -0.05) is 49.4 Å². The number of esters is 2. The van der Waals surface area contributed by atoms with Crippen LogP contribution in [0.1, 0.15) is 39.2 Å². The molecule has 3 rings (SSSR count). The van der Waals surface area contributed by atoms with Crippen LogP contribution in [0.5, 0.6) is 0 Å². The minimum absolute atomic E-state index is 0.0309. The van der Waals surface area contributed by atoms with Gasteiger partial charge in [0.2, 0.25) is 0 Å². The molecule has 0 bridgehead atoms. The number of allylic oxidation sites excluding steroid dienone is 1. The average molecular weight is 328 g/mol. The van der Waals surface area contributed by atoms with Crippen molar-refractivity contribution in [1.82, 2.24) is 0 Å². The Bertz CT molecular complexity index is 660. The van der Waals surface area contributed by atoms with Crippen LogP contribution in [0.25, 0.3) is 0 Å². The van der Waals surface area contributed by atoms with Gasteiger partial charge in [-0.3, -0.25) is 9.59 Å². The van der Waals surface area contributed by atoms with Gasteiger partial charge in [-0.2, -0.15) is 0 Å². The first-order chi connectivity index (χ1) is 11.4. The maximum absolute atomic E-state index is 12.7. The van der Waals surface area contributed by atoms with E-state index in [1.54, 1.807) is 19.9 Å². The van der Waals surface area contributed by atoms with Crippen LogP contribution in [-0.4, -0.2) is 25.2 Å². The lowest BCUT2D eigenvalue weighted by Crippen LogP contribution is -2.45. The fourth-order valence-corrected chi connectivity index (χ4v) is 4.10. The molecular weight excluding hydrogens is 304 g/mol. The highest BCUT2D eigenvalue weighted by atomic mass is 16.6. The third kappa shape index (κ3) is 2.27. The Morgan fingerprint density at radius 3 is 2.08 bits per heavy atom. The van der Waals surface area contributed by atoms with E-state index in [-0.39, 0.29) is 24.0 Å². The van der Waals surface area contributed by atoms with Gasteiger partial charge < -0.3 is 9.47 Å². The van der Waals surface area contributed by atoms with E-state index in [4.69, 9.17) is 9.47 Å². The van der Waals surface area contributed by atoms with Crippen molar-refractivity contribution in [2.24, 2.45) is 10.8 Å². The monoisotopic (exact) mass is 328 g/mol. The molecule has 0 spiro atoms. The first kappa shape index (κ1) is 16.7. The Morgan fingerprint density at radius 2 is 1.54 bits per heavy atom. The predicted octanol–water partition coefficient (Wildman–Crippen LogP) is 3.41. The van der Waals surface area contributed by atoms with Crippen LogP contribution in [0, 0.1) is 10.8 Å². The Hall–Kier alpha value is -2.10. The second-order valence-electron chi connectivity index (χ2n) is 6.96. The zero-order chi connectivity index (χ0) is 17.4. The molecule has 2 atom stereocenters. The molecule has 4 heteroatoms. The van der Waals surface area contributed by atoms with Gasteiger partial charge in [0.25, 0.3) is 0 Å². The first-order valence-electron chi connectivity index (χ1n) is 8.54. The largest absolute Gasteiger partial charge is 0.465 e. The second-order valence-corrected chi connectivity index (χ2v) is 6.96. The van der Waals surface area contributed by atoms with E-state index in [1.807, 2.05) is 24.3 Å². The molecule has 0 heterocycles. The van der Waals surface area contributed by atoms with Gasteiger partial charge in [-0.15, -0.1) is 0 Å². The molecule has 0 saturated heterocycles. The van der Waals surface area contributed by atoms with Crippen molar-refractivity contribution in [2.45, 2.75) is 39.0 Å². The average Bonchev–Trinajstić information content (AvgIpc) is 3.22. The molecule has 24 heavy (non-hydrogen) atoms. The van der Waals surface area contributed by atoms with Gasteiger partial charge in [0.05, 0.1) is 13.2 Å². The molecule has 1 saturated carbocycles. The standard InChI is InChI=1S/C20H24O4/c1-4-23-16(21)19(17(22)24-5-2)12-11-18(3)13-20(18,14-19)15-9-7-6-8-10-15/h6-12H,4-5,13-14H2,1-3H3/t18-,20-/m0/s1. The van der Waals surface area contributed by atoms with Crippen LogP contribution in [0.15, 0.2) is 42.5 Å². The molecule has 0 aromatic heterocycles. The van der Waals surface area contributed by atoms with Crippen LogP contribution < -0.4 is 0 Å². The number of carbonyl (C=O) groups excluding carboxylic acids is 2. The highest BCUT2D eigenvalue weighted by Crippen LogP contribution is 2.72. The number of fused-ring (bicyclic) bond motifs is 1. The number of ether oxygens (including phenoxy) is 2. The van der Waals surface area contributed by atoms with Crippen molar-refractivity contribution in [2.75, 3.05) is 13.2 Å². The summed E-state index contributed by atoms with van der Waals surface area (Å²) in [4.78, 5) is 25.4. The summed E-state index contributed by atoms with van der Waals surface area (Å²) in [7, 11) is 0. The van der Waals surface area contributed by atoms with Crippen molar-refractivity contribution < 1.29 is 19.1 Å². The van der Waals surface area contributed by atoms with Gasteiger partial charge in [0, 0.05) is 5.41 Å². The molecule has 1 fully saturated rings. The molecule has 128 valence electrons. The first-order valence-corrected chi connectivity index (χ1v) is 8.54. The lowest BCUT2D eigenvalue weighted by Gasteiger charge is -2.36. The van der Waals surface area contributed by atoms with Crippen LogP contribution in [0.3, 0.4) is 0 Å². The lowest BCUT2D eigenvalue weighted by atomic mass is 9.67. The molecule has 0 N–H and O–H groups in total. The minimum atomic E-state index is -1.35. The van der Waals surface area contributed by atoms with Crippen LogP contribution in [0.2, 0.25) is 0 Å². The summed E-state index contributed by atoms with van der Waals surface area (Å²) in [5.74, 6) is -1.02. The van der Waals surface area contributed by atoms with E-state index in [0.717, 1.165) is 12.0 Å². The molecule has 0 aliphatic heterocycles. The van der Waals surface area contributed by atoms with E-state index in [1.165, 1.54) is 0 Å². The third-order valence-corrected chi connectivity index (χ3v) is 5.56. The Kier molecular flexibility index (Phi) is 4.02. The predicted molar refractivity (Wildman–Crippen MR) is 90.3 cm³/mol. The summed E-state index contributed by atoms with van der Waals surface area (Å²) in [6.45, 7) is 6.15. The highest BCUT2D eigenvalue weighted by Gasteiger charge is 2.70. The topological polar surface area (TPSA) is 52.6 Å². The molecule has 4 nitrogen and oxygen atoms in total. The number of rotatable bonds is 5. The van der Waals surface area contributed by atoms with E-state index < -0.39 is 17.4 Å². The number of hydrogen-bond acceptors (Lipinski definition) is 4. The van der Waals surface area contributed by atoms with Crippen molar-refractivity contribution >= 4 is 11.9 Å². The smallest absolute Gasteiger partial charge is 0.327 e. The number of benzene rings is 1. The van der Waals surface area contributed by atoms with Crippen molar-refractivity contribution in [3.63, 3.8) is 0 Å². The molecule has 1 aromatic carbocycles. The fourth-order valence-electron chi connectivity index (χ4n) is 4.10. The van der Waals surface area contributed by atoms with E-state index in [0.29, 0.717) is 6.42 Å². The second kappa shape index (κ2) is 5.76. The summed E-state index contributed by atoms with van der Waals surface area (Å²) in [5, 5.41) is 0. The van der Waals surface area contributed by atoms with E-state index >= 15 is 0 Å². The van der Waals surface area contributed by atoms with Crippen LogP contribution in [0.4, 0.5) is 0 Å². The van der Waals surface area contributed by atoms with Crippen molar-refractivity contribution in [1.29, 1.82) is 0 Å². The number of hydrogen-bond donors (Lipinski definition) is 0. The molecule has 0 amide bonds. The summed E-state index contributed by atoms with van der Waals surface area (Å²) in [5.41, 5.74) is -0.438. The van der Waals surface area contributed by atoms with Gasteiger partial charge >= 0.3 is 11.9 Å². The van der Waals surface area contributed by atoms with Gasteiger partial charge in [0.15, 0.2) is 5.41 Å². The minimum Gasteiger partial charge on any atom is -0.465 e. The molecule has 2 aliphatic carbocycles. The fraction of sp³-hybridized carbons (Fsp3) is 0.500. The van der Waals surface area contributed by atoms with Crippen molar-refractivity contribution in [3.05, 3.63) is 48.0 Å². The zero-order valence-electron chi connectivity index (χ0n) is 14.5. The molecule has 0 unspecified atom stereocenters. The zero-order valence-corrected chi connectivity index (χ0v) is 14.5. The van der Waals surface area contributed by atoms with Gasteiger partial charge in [-0.25, -0.2) is 0 Å². The number of carbonyl (C=O) groups is 2. The molecular formula is C20H24O4. The summed E-state index contributed by atoms with van der Waals surface area (Å²) in [6, 6.07) is 10.1. The Labute approximate surface area is 142 Å². The van der Waals surface area contributed by atoms with Gasteiger partial charge in [-0.05, 0) is 37.7 Å². The maximum atomic E-state index is 12.7. The lowest BCUT2D eigenvalue weighted by molar-refractivity contribution is -0.169. The molecule has 0 radical (unpaired) electrons. The Morgan fingerprint density at radius 1 is 0.958 bits per heavy atom. The highest BCUT2D eigenvalue weighted by molar-refractivity contribution is 6.03. The molecule has 2 aliphatic rings. The summed E-state index contributed by atoms with van der Waals surface area (Å²) >= 11 is 0. The van der Waals surface area contributed by atoms with Crippen LogP contribution >= 0.6 is 0 Å². The summed E-state index contributed by atoms with van der Waals surface area (Å²) in [6.07, 6.45) is 5.05. The quantitative estimate of drug-likeness (QED) is 0.472.